The minimum Gasteiger partial charge on any atom is -0.211 e. The zero-order valence-electron chi connectivity index (χ0n) is 5.75. The first kappa shape index (κ1) is 9.30. The highest BCUT2D eigenvalue weighted by atomic mass is 32.2. The fourth-order valence-corrected chi connectivity index (χ4v) is 0.913. The second kappa shape index (κ2) is 3.30. The standard InChI is InChI=1S/C4H4F3N4S/c1-12-3-8-9-10-11(3)2-4(5,6)7/h1-2H2. The van der Waals surface area contributed by atoms with E-state index in [-0.39, 0.29) is 5.16 Å². The van der Waals surface area contributed by atoms with Crippen molar-refractivity contribution in [2.75, 3.05) is 0 Å². The van der Waals surface area contributed by atoms with E-state index in [0.717, 1.165) is 11.8 Å². The first-order valence-corrected chi connectivity index (χ1v) is 3.76. The molecule has 0 unspecified atom stereocenters. The summed E-state index contributed by atoms with van der Waals surface area (Å²) in [6, 6.07) is 0. The Balaban J connectivity index is 2.75. The summed E-state index contributed by atoms with van der Waals surface area (Å²) in [4.78, 5) is 0. The highest BCUT2D eigenvalue weighted by molar-refractivity contribution is 8.00. The average molecular weight is 197 g/mol. The third-order valence-corrected chi connectivity index (χ3v) is 1.51. The smallest absolute Gasteiger partial charge is 0.211 e. The van der Waals surface area contributed by atoms with Crippen molar-refractivity contribution in [3.8, 4) is 0 Å². The quantitative estimate of drug-likeness (QED) is 0.666. The van der Waals surface area contributed by atoms with Gasteiger partial charge in [0, 0.05) is 6.26 Å². The number of tetrazole rings is 1. The summed E-state index contributed by atoms with van der Waals surface area (Å²) >= 11 is 0.820. The third-order valence-electron chi connectivity index (χ3n) is 0.957. The van der Waals surface area contributed by atoms with Gasteiger partial charge in [-0.1, -0.05) is 11.8 Å². The highest BCUT2D eigenvalue weighted by Gasteiger charge is 2.29. The van der Waals surface area contributed by atoms with Crippen LogP contribution in [-0.2, 0) is 6.54 Å². The van der Waals surface area contributed by atoms with Crippen molar-refractivity contribution in [1.82, 2.24) is 20.2 Å². The molecule has 0 fully saturated rings. The Morgan fingerprint density at radius 1 is 1.50 bits per heavy atom. The number of rotatable bonds is 2. The van der Waals surface area contributed by atoms with Crippen LogP contribution in [0.4, 0.5) is 13.2 Å². The van der Waals surface area contributed by atoms with Gasteiger partial charge >= 0.3 is 6.18 Å². The molecule has 0 aliphatic carbocycles. The molecular weight excluding hydrogens is 193 g/mol. The van der Waals surface area contributed by atoms with E-state index in [1.807, 2.05) is 0 Å². The molecule has 1 heterocycles. The second-order valence-corrected chi connectivity index (χ2v) is 2.53. The Labute approximate surface area is 70.1 Å². The van der Waals surface area contributed by atoms with Gasteiger partial charge in [-0.3, -0.25) is 0 Å². The number of halogens is 3. The van der Waals surface area contributed by atoms with Gasteiger partial charge in [-0.05, 0) is 10.4 Å². The van der Waals surface area contributed by atoms with Crippen LogP contribution in [-0.4, -0.2) is 26.4 Å². The molecule has 1 radical (unpaired) electrons. The van der Waals surface area contributed by atoms with Gasteiger partial charge in [0.25, 0.3) is 0 Å². The van der Waals surface area contributed by atoms with Crippen molar-refractivity contribution in [2.45, 2.75) is 17.9 Å². The first-order chi connectivity index (χ1) is 5.53. The van der Waals surface area contributed by atoms with E-state index in [1.165, 1.54) is 0 Å². The van der Waals surface area contributed by atoms with Crippen molar-refractivity contribution in [3.63, 3.8) is 0 Å². The zero-order valence-corrected chi connectivity index (χ0v) is 6.56. The molecule has 0 aliphatic rings. The summed E-state index contributed by atoms with van der Waals surface area (Å²) in [6.45, 7) is -1.18. The van der Waals surface area contributed by atoms with E-state index in [2.05, 4.69) is 21.8 Å². The van der Waals surface area contributed by atoms with Crippen molar-refractivity contribution in [2.24, 2.45) is 0 Å². The molecule has 0 amide bonds. The Morgan fingerprint density at radius 3 is 2.67 bits per heavy atom. The predicted molar refractivity (Wildman–Crippen MR) is 35.1 cm³/mol. The summed E-state index contributed by atoms with van der Waals surface area (Å²) in [5.41, 5.74) is 0. The summed E-state index contributed by atoms with van der Waals surface area (Å²) in [5, 5.41) is 9.60. The molecule has 0 spiro atoms. The van der Waals surface area contributed by atoms with Gasteiger partial charge < -0.3 is 0 Å². The number of alkyl halides is 3. The van der Waals surface area contributed by atoms with E-state index in [1.54, 1.807) is 0 Å². The summed E-state index contributed by atoms with van der Waals surface area (Å²) in [5.74, 6) is 0. The maximum absolute atomic E-state index is 11.8. The van der Waals surface area contributed by atoms with Crippen molar-refractivity contribution in [1.29, 1.82) is 0 Å². The molecule has 0 N–H and O–H groups in total. The van der Waals surface area contributed by atoms with Gasteiger partial charge in [-0.15, -0.1) is 5.10 Å². The van der Waals surface area contributed by atoms with Crippen LogP contribution in [0.15, 0.2) is 5.16 Å². The molecule has 67 valence electrons. The van der Waals surface area contributed by atoms with Crippen LogP contribution >= 0.6 is 11.8 Å². The molecule has 0 aromatic carbocycles. The number of hydrogen-bond acceptors (Lipinski definition) is 4. The maximum Gasteiger partial charge on any atom is 0.408 e. The van der Waals surface area contributed by atoms with Crippen molar-refractivity contribution < 1.29 is 13.2 Å². The van der Waals surface area contributed by atoms with Crippen LogP contribution in [0.1, 0.15) is 0 Å². The molecule has 4 nitrogen and oxygen atoms in total. The SMILES string of the molecule is [CH2]Sc1nnnn1CC(F)(F)F. The van der Waals surface area contributed by atoms with Gasteiger partial charge in [0.15, 0.2) is 0 Å². The molecular formula is C4H4F3N4S. The third kappa shape index (κ3) is 2.36. The molecule has 0 bridgehead atoms. The Bertz CT molecular complexity index is 257. The molecule has 12 heavy (non-hydrogen) atoms. The summed E-state index contributed by atoms with van der Waals surface area (Å²) in [7, 11) is 0. The topological polar surface area (TPSA) is 43.6 Å². The van der Waals surface area contributed by atoms with Gasteiger partial charge in [-0.25, -0.2) is 4.68 Å². The van der Waals surface area contributed by atoms with Gasteiger partial charge in [0.1, 0.15) is 6.54 Å². The lowest BCUT2D eigenvalue weighted by Crippen LogP contribution is -2.19. The van der Waals surface area contributed by atoms with E-state index in [9.17, 15) is 13.2 Å². The predicted octanol–water partition coefficient (Wildman–Crippen LogP) is 1.12. The molecule has 0 atom stereocenters. The lowest BCUT2D eigenvalue weighted by molar-refractivity contribution is -0.144. The van der Waals surface area contributed by atoms with Crippen molar-refractivity contribution in [3.05, 3.63) is 6.26 Å². The first-order valence-electron chi connectivity index (χ1n) is 2.78. The Hall–Kier alpha value is -0.790. The highest BCUT2D eigenvalue weighted by Crippen LogP contribution is 2.19. The van der Waals surface area contributed by atoms with Gasteiger partial charge in [0.2, 0.25) is 5.16 Å². The molecule has 1 rings (SSSR count). The van der Waals surface area contributed by atoms with E-state index < -0.39 is 12.7 Å². The fraction of sp³-hybridized carbons (Fsp3) is 0.500. The maximum atomic E-state index is 11.8. The molecule has 1 aromatic heterocycles. The monoisotopic (exact) mass is 197 g/mol. The number of thioether (sulfide) groups is 1. The molecule has 0 saturated carbocycles. The lowest BCUT2D eigenvalue weighted by Gasteiger charge is -2.05. The average Bonchev–Trinajstić information content (AvgIpc) is 2.31. The second-order valence-electron chi connectivity index (χ2n) is 1.88. The largest absolute Gasteiger partial charge is 0.408 e. The van der Waals surface area contributed by atoms with Crippen molar-refractivity contribution >= 4 is 11.8 Å². The molecule has 8 heteroatoms. The van der Waals surface area contributed by atoms with Crippen LogP contribution < -0.4 is 0 Å². The minimum absolute atomic E-state index is 0.0484. The van der Waals surface area contributed by atoms with Crippen LogP contribution in [0.25, 0.3) is 0 Å². The van der Waals surface area contributed by atoms with Gasteiger partial charge in [0.05, 0.1) is 0 Å². The van der Waals surface area contributed by atoms with Crippen LogP contribution in [0.2, 0.25) is 0 Å². The molecule has 1 aromatic rings. The summed E-state index contributed by atoms with van der Waals surface area (Å²) < 4.78 is 36.0. The van der Waals surface area contributed by atoms with Gasteiger partial charge in [-0.2, -0.15) is 13.2 Å². The minimum atomic E-state index is -4.31. The van der Waals surface area contributed by atoms with Crippen LogP contribution in [0.3, 0.4) is 0 Å². The number of aromatic nitrogens is 4. The van der Waals surface area contributed by atoms with E-state index in [0.29, 0.717) is 4.68 Å². The van der Waals surface area contributed by atoms with E-state index in [4.69, 9.17) is 0 Å². The fourth-order valence-electron chi connectivity index (χ4n) is 0.569. The number of hydrogen-bond donors (Lipinski definition) is 0. The Morgan fingerprint density at radius 2 is 2.17 bits per heavy atom. The number of nitrogens with zero attached hydrogens (tertiary/aromatic N) is 4. The molecule has 0 saturated heterocycles. The van der Waals surface area contributed by atoms with Crippen LogP contribution in [0, 0.1) is 6.26 Å². The normalized spacial score (nSPS) is 12.0. The lowest BCUT2D eigenvalue weighted by atomic mass is 10.6. The van der Waals surface area contributed by atoms with E-state index >= 15 is 0 Å². The van der Waals surface area contributed by atoms with Crippen LogP contribution in [0.5, 0.6) is 0 Å². The summed E-state index contributed by atoms with van der Waals surface area (Å²) in [6.07, 6.45) is -1.00. The Kier molecular flexibility index (Phi) is 2.55. The zero-order chi connectivity index (χ0) is 9.19. The molecule has 0 aliphatic heterocycles.